The summed E-state index contributed by atoms with van der Waals surface area (Å²) in [5, 5.41) is 3.85. The van der Waals surface area contributed by atoms with Gasteiger partial charge in [0.05, 0.1) is 17.2 Å². The molecule has 1 saturated heterocycles. The third kappa shape index (κ3) is 7.61. The van der Waals surface area contributed by atoms with Crippen LogP contribution >= 0.6 is 0 Å². The number of hydrogen-bond donors (Lipinski definition) is 0. The summed E-state index contributed by atoms with van der Waals surface area (Å²) in [5.74, 6) is -0.148. The highest BCUT2D eigenvalue weighted by atomic mass is 32.2. The van der Waals surface area contributed by atoms with Gasteiger partial charge in [0.25, 0.3) is 0 Å². The Balaban J connectivity index is 1.37. The Morgan fingerprint density at radius 2 is 1.42 bits per heavy atom. The number of carbonyl (C=O) groups is 1. The van der Waals surface area contributed by atoms with Gasteiger partial charge < -0.3 is 4.74 Å². The molecule has 0 radical (unpaired) electrons. The molecular weight excluding hydrogens is 647 g/mol. The van der Waals surface area contributed by atoms with Crippen molar-refractivity contribution < 1.29 is 22.8 Å². The lowest BCUT2D eigenvalue weighted by Crippen LogP contribution is -2.58. The van der Waals surface area contributed by atoms with Crippen LogP contribution in [-0.2, 0) is 32.7 Å². The number of fused-ring (bicyclic) bond motifs is 3. The summed E-state index contributed by atoms with van der Waals surface area (Å²) in [7, 11) is -3.89. The number of amides is 1. The molecule has 1 unspecified atom stereocenters. The molecule has 0 saturated carbocycles. The molecule has 4 aromatic carbocycles. The van der Waals surface area contributed by atoms with Gasteiger partial charge in [0, 0.05) is 36.6 Å². The van der Waals surface area contributed by atoms with Crippen LogP contribution in [0.5, 0.6) is 0 Å². The van der Waals surface area contributed by atoms with Gasteiger partial charge in [-0.05, 0) is 113 Å². The SMILES string of the molecule is CC(C)(C)OC(=O)N1CC(CON2C(C)(C)CCCC2(C)C)c2c1ccc1cc(S(=O)(=O)N(Cc3ccccc3)Cc3ccccc3)ccc21. The second kappa shape index (κ2) is 13.8. The topological polar surface area (TPSA) is 79.4 Å². The lowest BCUT2D eigenvalue weighted by atomic mass is 9.82. The molecule has 6 rings (SSSR count). The van der Waals surface area contributed by atoms with Crippen LogP contribution in [-0.4, -0.2) is 53.7 Å². The summed E-state index contributed by atoms with van der Waals surface area (Å²) < 4.78 is 36.1. The standard InChI is InChI=1S/C41H51N3O5S/c1-39(2,3)49-38(45)43-28-33(29-48-44-40(4,5)23-14-24-41(44,6)7)37-35-21-20-34(25-32(35)19-22-36(37)43)50(46,47)42(26-30-15-10-8-11-16-30)27-31-17-12-9-13-18-31/h8-13,15-22,25,33H,14,23-24,26-29H2,1-7H3. The molecule has 0 aliphatic carbocycles. The second-order valence-electron chi connectivity index (χ2n) is 16.0. The van der Waals surface area contributed by atoms with Crippen LogP contribution in [0.25, 0.3) is 10.8 Å². The molecule has 266 valence electrons. The molecule has 1 amide bonds. The van der Waals surface area contributed by atoms with Gasteiger partial charge in [0.2, 0.25) is 10.0 Å². The van der Waals surface area contributed by atoms with E-state index < -0.39 is 21.7 Å². The number of nitrogens with zero attached hydrogens (tertiary/aromatic N) is 3. The summed E-state index contributed by atoms with van der Waals surface area (Å²) in [4.78, 5) is 22.2. The van der Waals surface area contributed by atoms with Crippen molar-refractivity contribution in [3.63, 3.8) is 0 Å². The summed E-state index contributed by atoms with van der Waals surface area (Å²) in [6.45, 7) is 15.7. The fourth-order valence-electron chi connectivity index (χ4n) is 7.62. The molecule has 0 spiro atoms. The van der Waals surface area contributed by atoms with Crippen molar-refractivity contribution in [3.8, 4) is 0 Å². The Morgan fingerprint density at radius 1 is 0.840 bits per heavy atom. The normalized spacial score (nSPS) is 19.1. The van der Waals surface area contributed by atoms with E-state index in [1.165, 1.54) is 4.31 Å². The van der Waals surface area contributed by atoms with E-state index in [1.807, 2.05) is 99.6 Å². The number of hydrogen-bond acceptors (Lipinski definition) is 6. The molecule has 2 aliphatic heterocycles. The van der Waals surface area contributed by atoms with E-state index in [9.17, 15) is 13.2 Å². The maximum atomic E-state index is 14.4. The lowest BCUT2D eigenvalue weighted by molar-refractivity contribution is -0.282. The van der Waals surface area contributed by atoms with Gasteiger partial charge in [-0.3, -0.25) is 9.74 Å². The Bertz CT molecular complexity index is 1880. The van der Waals surface area contributed by atoms with Crippen molar-refractivity contribution in [3.05, 3.63) is 108 Å². The van der Waals surface area contributed by atoms with Gasteiger partial charge in [-0.1, -0.05) is 72.8 Å². The first-order valence-corrected chi connectivity index (χ1v) is 19.1. The molecule has 1 atom stereocenters. The van der Waals surface area contributed by atoms with Gasteiger partial charge in [0.1, 0.15) is 5.60 Å². The second-order valence-corrected chi connectivity index (χ2v) is 17.9. The molecule has 8 nitrogen and oxygen atoms in total. The number of rotatable bonds is 9. The van der Waals surface area contributed by atoms with E-state index in [-0.39, 0.29) is 35.0 Å². The van der Waals surface area contributed by atoms with Gasteiger partial charge in [-0.2, -0.15) is 9.37 Å². The quantitative estimate of drug-likeness (QED) is 0.174. The van der Waals surface area contributed by atoms with Gasteiger partial charge in [0.15, 0.2) is 0 Å². The van der Waals surface area contributed by atoms with Crippen molar-refractivity contribution in [1.82, 2.24) is 9.37 Å². The monoisotopic (exact) mass is 697 g/mol. The summed E-state index contributed by atoms with van der Waals surface area (Å²) in [5.41, 5.74) is 2.63. The van der Waals surface area contributed by atoms with Gasteiger partial charge in [-0.15, -0.1) is 0 Å². The average Bonchev–Trinajstić information content (AvgIpc) is 3.43. The van der Waals surface area contributed by atoms with E-state index in [0.717, 1.165) is 52.4 Å². The molecule has 0 N–H and O–H groups in total. The van der Waals surface area contributed by atoms with Gasteiger partial charge >= 0.3 is 6.09 Å². The number of piperidine rings is 1. The minimum atomic E-state index is -3.89. The minimum absolute atomic E-state index is 0.137. The number of carbonyl (C=O) groups excluding carboxylic acids is 1. The fraction of sp³-hybridized carbons (Fsp3) is 0.439. The van der Waals surface area contributed by atoms with Crippen LogP contribution in [0, 0.1) is 0 Å². The summed E-state index contributed by atoms with van der Waals surface area (Å²) in [6.07, 6.45) is 2.81. The van der Waals surface area contributed by atoms with Crippen molar-refractivity contribution in [2.24, 2.45) is 0 Å². The Labute approximate surface area is 298 Å². The molecule has 1 fully saturated rings. The van der Waals surface area contributed by atoms with Crippen LogP contribution < -0.4 is 4.90 Å². The molecular formula is C41H51N3O5S. The highest BCUT2D eigenvalue weighted by molar-refractivity contribution is 7.89. The fourth-order valence-corrected chi connectivity index (χ4v) is 9.07. The maximum Gasteiger partial charge on any atom is 0.414 e. The third-order valence-corrected chi connectivity index (χ3v) is 11.6. The first-order chi connectivity index (χ1) is 23.5. The average molecular weight is 698 g/mol. The Morgan fingerprint density at radius 3 is 1.98 bits per heavy atom. The van der Waals surface area contributed by atoms with E-state index in [2.05, 4.69) is 32.8 Å². The summed E-state index contributed by atoms with van der Waals surface area (Å²) in [6, 6.07) is 28.5. The lowest BCUT2D eigenvalue weighted by Gasteiger charge is -2.51. The highest BCUT2D eigenvalue weighted by Gasteiger charge is 2.44. The van der Waals surface area contributed by atoms with Gasteiger partial charge in [-0.25, -0.2) is 13.2 Å². The van der Waals surface area contributed by atoms with Crippen LogP contribution in [0.2, 0.25) is 0 Å². The van der Waals surface area contributed by atoms with Crippen molar-refractivity contribution in [1.29, 1.82) is 0 Å². The molecule has 0 aromatic heterocycles. The van der Waals surface area contributed by atoms with Crippen LogP contribution in [0.4, 0.5) is 10.5 Å². The largest absolute Gasteiger partial charge is 0.443 e. The first kappa shape index (κ1) is 36.0. The maximum absolute atomic E-state index is 14.4. The van der Waals surface area contributed by atoms with Crippen LogP contribution in [0.1, 0.15) is 90.3 Å². The number of benzene rings is 4. The summed E-state index contributed by atoms with van der Waals surface area (Å²) >= 11 is 0. The van der Waals surface area contributed by atoms with E-state index in [1.54, 1.807) is 17.0 Å². The zero-order valence-electron chi connectivity index (χ0n) is 30.5. The van der Waals surface area contributed by atoms with Crippen molar-refractivity contribution >= 4 is 32.6 Å². The van der Waals surface area contributed by atoms with Crippen molar-refractivity contribution in [2.75, 3.05) is 18.1 Å². The number of ether oxygens (including phenoxy) is 1. The van der Waals surface area contributed by atoms with E-state index in [0.29, 0.717) is 13.2 Å². The molecule has 9 heteroatoms. The smallest absolute Gasteiger partial charge is 0.414 e. The first-order valence-electron chi connectivity index (χ1n) is 17.6. The van der Waals surface area contributed by atoms with E-state index >= 15 is 0 Å². The third-order valence-electron chi connectivity index (χ3n) is 9.85. The predicted molar refractivity (Wildman–Crippen MR) is 199 cm³/mol. The molecule has 4 aromatic rings. The minimum Gasteiger partial charge on any atom is -0.443 e. The zero-order chi connectivity index (χ0) is 35.9. The predicted octanol–water partition coefficient (Wildman–Crippen LogP) is 9.04. The zero-order valence-corrected chi connectivity index (χ0v) is 31.3. The highest BCUT2D eigenvalue weighted by Crippen LogP contribution is 2.44. The number of sulfonamides is 1. The molecule has 2 aliphatic rings. The van der Waals surface area contributed by atoms with Crippen molar-refractivity contribution in [2.45, 2.75) is 108 Å². The van der Waals surface area contributed by atoms with Crippen LogP contribution in [0.3, 0.4) is 0 Å². The number of anilines is 1. The number of hydroxylamine groups is 2. The Kier molecular flexibility index (Phi) is 9.91. The molecule has 50 heavy (non-hydrogen) atoms. The van der Waals surface area contributed by atoms with Crippen LogP contribution in [0.15, 0.2) is 95.9 Å². The Hall–Kier alpha value is -3.76. The molecule has 0 bridgehead atoms. The van der Waals surface area contributed by atoms with E-state index in [4.69, 9.17) is 9.57 Å². The molecule has 2 heterocycles.